The number of nitrogens with one attached hydrogen (secondary N) is 2. The molecule has 2 rings (SSSR count). The fourth-order valence-corrected chi connectivity index (χ4v) is 3.46. The zero-order chi connectivity index (χ0) is 16.8. The van der Waals surface area contributed by atoms with E-state index in [9.17, 15) is 9.59 Å². The van der Waals surface area contributed by atoms with E-state index < -0.39 is 6.04 Å². The average molecular weight is 351 g/mol. The molecule has 0 saturated carbocycles. The SMILES string of the molecule is CCNC(=O)[C@@H](C)NC(=O)CSc1cccc2cccc(Cl)c12. The van der Waals surface area contributed by atoms with Crippen LogP contribution in [0, 0.1) is 0 Å². The Morgan fingerprint density at radius 1 is 1.22 bits per heavy atom. The lowest BCUT2D eigenvalue weighted by Crippen LogP contribution is -2.45. The molecule has 2 aromatic rings. The predicted molar refractivity (Wildman–Crippen MR) is 96.0 cm³/mol. The Bertz CT molecular complexity index is 716. The van der Waals surface area contributed by atoms with E-state index >= 15 is 0 Å². The van der Waals surface area contributed by atoms with E-state index in [2.05, 4.69) is 10.6 Å². The monoisotopic (exact) mass is 350 g/mol. The largest absolute Gasteiger partial charge is 0.355 e. The molecule has 0 heterocycles. The molecule has 0 aliphatic rings. The zero-order valence-electron chi connectivity index (χ0n) is 13.1. The van der Waals surface area contributed by atoms with E-state index in [0.717, 1.165) is 15.7 Å². The standard InChI is InChI=1S/C17H19ClN2O2S/c1-3-19-17(22)11(2)20-15(21)10-23-14-9-5-7-12-6-4-8-13(18)16(12)14/h4-9,11H,3,10H2,1-2H3,(H,19,22)(H,20,21)/t11-/m1/s1. The summed E-state index contributed by atoms with van der Waals surface area (Å²) in [6, 6.07) is 11.1. The zero-order valence-corrected chi connectivity index (χ0v) is 14.6. The van der Waals surface area contributed by atoms with Crippen molar-refractivity contribution >= 4 is 45.9 Å². The fraction of sp³-hybridized carbons (Fsp3) is 0.294. The van der Waals surface area contributed by atoms with Crippen molar-refractivity contribution in [2.24, 2.45) is 0 Å². The number of likely N-dealkylation sites (N-methyl/N-ethyl adjacent to an activating group) is 1. The third-order valence-corrected chi connectivity index (χ3v) is 4.67. The van der Waals surface area contributed by atoms with E-state index in [1.54, 1.807) is 6.92 Å². The third-order valence-electron chi connectivity index (χ3n) is 3.30. The molecule has 0 bridgehead atoms. The van der Waals surface area contributed by atoms with Gasteiger partial charge in [0, 0.05) is 21.8 Å². The minimum Gasteiger partial charge on any atom is -0.355 e. The van der Waals surface area contributed by atoms with Crippen LogP contribution < -0.4 is 10.6 Å². The summed E-state index contributed by atoms with van der Waals surface area (Å²) in [6.07, 6.45) is 0. The van der Waals surface area contributed by atoms with Gasteiger partial charge >= 0.3 is 0 Å². The molecule has 1 atom stereocenters. The second kappa shape index (κ2) is 8.22. The fourth-order valence-electron chi connectivity index (χ4n) is 2.20. The van der Waals surface area contributed by atoms with Gasteiger partial charge in [-0.15, -0.1) is 11.8 Å². The molecule has 4 nitrogen and oxygen atoms in total. The Balaban J connectivity index is 2.01. The van der Waals surface area contributed by atoms with Crippen LogP contribution in [0.4, 0.5) is 0 Å². The summed E-state index contributed by atoms with van der Waals surface area (Å²) in [7, 11) is 0. The summed E-state index contributed by atoms with van der Waals surface area (Å²) < 4.78 is 0. The molecule has 122 valence electrons. The van der Waals surface area contributed by atoms with Crippen molar-refractivity contribution in [3.8, 4) is 0 Å². The second-order valence-electron chi connectivity index (χ2n) is 5.07. The van der Waals surface area contributed by atoms with Gasteiger partial charge in [-0.1, -0.05) is 35.9 Å². The van der Waals surface area contributed by atoms with Gasteiger partial charge in [-0.25, -0.2) is 0 Å². The molecule has 2 N–H and O–H groups in total. The second-order valence-corrected chi connectivity index (χ2v) is 6.49. The maximum Gasteiger partial charge on any atom is 0.242 e. The normalized spacial score (nSPS) is 12.0. The van der Waals surface area contributed by atoms with E-state index in [-0.39, 0.29) is 17.6 Å². The molecule has 2 aromatic carbocycles. The van der Waals surface area contributed by atoms with Crippen molar-refractivity contribution in [1.29, 1.82) is 0 Å². The number of thioether (sulfide) groups is 1. The Labute approximate surface area is 145 Å². The molecule has 0 aromatic heterocycles. The van der Waals surface area contributed by atoms with Crippen molar-refractivity contribution in [2.45, 2.75) is 24.8 Å². The highest BCUT2D eigenvalue weighted by atomic mass is 35.5. The van der Waals surface area contributed by atoms with Gasteiger partial charge in [-0.05, 0) is 31.4 Å². The molecule has 2 amide bonds. The molecule has 0 spiro atoms. The van der Waals surface area contributed by atoms with E-state index in [0.29, 0.717) is 11.6 Å². The number of halogens is 1. The van der Waals surface area contributed by atoms with Gasteiger partial charge in [0.15, 0.2) is 0 Å². The number of benzene rings is 2. The first kappa shape index (κ1) is 17.6. The van der Waals surface area contributed by atoms with Crippen LogP contribution in [0.5, 0.6) is 0 Å². The van der Waals surface area contributed by atoms with Crippen LogP contribution in [-0.2, 0) is 9.59 Å². The third kappa shape index (κ3) is 4.62. The summed E-state index contributed by atoms with van der Waals surface area (Å²) in [5.74, 6) is -0.134. The quantitative estimate of drug-likeness (QED) is 0.786. The highest BCUT2D eigenvalue weighted by molar-refractivity contribution is 8.00. The number of carbonyl (C=O) groups excluding carboxylic acids is 2. The highest BCUT2D eigenvalue weighted by Crippen LogP contribution is 2.32. The van der Waals surface area contributed by atoms with E-state index in [1.165, 1.54) is 11.8 Å². The van der Waals surface area contributed by atoms with E-state index in [4.69, 9.17) is 11.6 Å². The summed E-state index contributed by atoms with van der Waals surface area (Å²) in [6.45, 7) is 4.05. The molecule has 0 aliphatic carbocycles. The first-order valence-electron chi connectivity index (χ1n) is 7.40. The molecule has 0 aliphatic heterocycles. The van der Waals surface area contributed by atoms with Crippen LogP contribution in [0.15, 0.2) is 41.3 Å². The Morgan fingerprint density at radius 2 is 1.91 bits per heavy atom. The van der Waals surface area contributed by atoms with Gasteiger partial charge in [0.05, 0.1) is 5.75 Å². The summed E-state index contributed by atoms with van der Waals surface area (Å²) in [5, 5.41) is 8.03. The van der Waals surface area contributed by atoms with Crippen molar-refractivity contribution in [1.82, 2.24) is 10.6 Å². The average Bonchev–Trinajstić information content (AvgIpc) is 2.53. The number of hydrogen-bond acceptors (Lipinski definition) is 3. The van der Waals surface area contributed by atoms with E-state index in [1.807, 2.05) is 43.3 Å². The van der Waals surface area contributed by atoms with Crippen LogP contribution in [0.1, 0.15) is 13.8 Å². The number of amides is 2. The highest BCUT2D eigenvalue weighted by Gasteiger charge is 2.15. The molecule has 0 unspecified atom stereocenters. The Kier molecular flexibility index (Phi) is 6.30. The smallest absolute Gasteiger partial charge is 0.242 e. The predicted octanol–water partition coefficient (Wildman–Crippen LogP) is 3.23. The molecule has 23 heavy (non-hydrogen) atoms. The molecule has 0 saturated heterocycles. The van der Waals surface area contributed by atoms with Crippen molar-refractivity contribution in [3.63, 3.8) is 0 Å². The van der Waals surface area contributed by atoms with Gasteiger partial charge in [-0.3, -0.25) is 9.59 Å². The topological polar surface area (TPSA) is 58.2 Å². The summed E-state index contributed by atoms with van der Waals surface area (Å²) >= 11 is 7.68. The first-order chi connectivity index (χ1) is 11.0. The minimum absolute atomic E-state index is 0.181. The van der Waals surface area contributed by atoms with Crippen LogP contribution in [0.25, 0.3) is 10.8 Å². The molecule has 0 radical (unpaired) electrons. The van der Waals surface area contributed by atoms with Gasteiger partial charge in [0.2, 0.25) is 11.8 Å². The van der Waals surface area contributed by atoms with Crippen molar-refractivity contribution in [2.75, 3.05) is 12.3 Å². The first-order valence-corrected chi connectivity index (χ1v) is 8.76. The summed E-state index contributed by atoms with van der Waals surface area (Å²) in [5.41, 5.74) is 0. The molecular formula is C17H19ClN2O2S. The minimum atomic E-state index is -0.542. The van der Waals surface area contributed by atoms with Crippen LogP contribution in [0.3, 0.4) is 0 Å². The maximum absolute atomic E-state index is 12.0. The number of hydrogen-bond donors (Lipinski definition) is 2. The molecule has 6 heteroatoms. The van der Waals surface area contributed by atoms with Crippen molar-refractivity contribution < 1.29 is 9.59 Å². The van der Waals surface area contributed by atoms with Gasteiger partial charge in [0.1, 0.15) is 6.04 Å². The van der Waals surface area contributed by atoms with Crippen LogP contribution in [0.2, 0.25) is 5.02 Å². The lowest BCUT2D eigenvalue weighted by atomic mass is 10.1. The number of rotatable bonds is 6. The number of fused-ring (bicyclic) bond motifs is 1. The van der Waals surface area contributed by atoms with Crippen LogP contribution in [-0.4, -0.2) is 30.2 Å². The summed E-state index contributed by atoms with van der Waals surface area (Å²) in [4.78, 5) is 24.6. The molecular weight excluding hydrogens is 332 g/mol. The number of carbonyl (C=O) groups is 2. The Morgan fingerprint density at radius 3 is 2.61 bits per heavy atom. The van der Waals surface area contributed by atoms with Gasteiger partial charge in [0.25, 0.3) is 0 Å². The maximum atomic E-state index is 12.0. The van der Waals surface area contributed by atoms with Gasteiger partial charge in [-0.2, -0.15) is 0 Å². The lowest BCUT2D eigenvalue weighted by Gasteiger charge is -2.13. The van der Waals surface area contributed by atoms with Crippen LogP contribution >= 0.6 is 23.4 Å². The molecule has 0 fully saturated rings. The van der Waals surface area contributed by atoms with Crippen molar-refractivity contribution in [3.05, 3.63) is 41.4 Å². The Hall–Kier alpha value is -1.72. The van der Waals surface area contributed by atoms with Gasteiger partial charge < -0.3 is 10.6 Å². The lowest BCUT2D eigenvalue weighted by molar-refractivity contribution is -0.127.